The minimum Gasteiger partial charge on any atom is -0.490 e. The Kier molecular flexibility index (Phi) is 3.27. The summed E-state index contributed by atoms with van der Waals surface area (Å²) < 4.78 is 49.7. The molecule has 21 heavy (non-hydrogen) atoms. The van der Waals surface area contributed by atoms with Gasteiger partial charge in [-0.2, -0.15) is 13.2 Å². The lowest BCUT2D eigenvalue weighted by molar-refractivity contribution is -0.140. The Morgan fingerprint density at radius 3 is 2.38 bits per heavy atom. The van der Waals surface area contributed by atoms with Crippen molar-refractivity contribution in [1.29, 1.82) is 0 Å². The van der Waals surface area contributed by atoms with Crippen molar-refractivity contribution in [3.8, 4) is 11.5 Å². The molecule has 1 aromatic carbocycles. The topological polar surface area (TPSA) is 43.4 Å². The fourth-order valence-corrected chi connectivity index (χ4v) is 2.23. The van der Waals surface area contributed by atoms with Crippen molar-refractivity contribution in [2.75, 3.05) is 25.6 Å². The molecule has 2 aromatic rings. The summed E-state index contributed by atoms with van der Waals surface area (Å²) >= 11 is 0. The molecular formula is C14H13F3N2O2. The number of nitrogens with one attached hydrogen (secondary N) is 1. The fraction of sp³-hybridized carbons (Fsp3) is 0.357. The summed E-state index contributed by atoms with van der Waals surface area (Å²) in [5.74, 6) is 0.951. The predicted octanol–water partition coefficient (Wildman–Crippen LogP) is 3.46. The number of fused-ring (bicyclic) bond motifs is 2. The van der Waals surface area contributed by atoms with Crippen LogP contribution in [0.2, 0.25) is 0 Å². The van der Waals surface area contributed by atoms with Gasteiger partial charge in [0, 0.05) is 30.6 Å². The van der Waals surface area contributed by atoms with Crippen LogP contribution < -0.4 is 14.8 Å². The van der Waals surface area contributed by atoms with Gasteiger partial charge in [0.05, 0.1) is 18.7 Å². The maximum atomic E-state index is 12.9. The highest BCUT2D eigenvalue weighted by atomic mass is 19.4. The lowest BCUT2D eigenvalue weighted by Gasteiger charge is -2.14. The monoisotopic (exact) mass is 298 g/mol. The van der Waals surface area contributed by atoms with E-state index < -0.39 is 11.9 Å². The van der Waals surface area contributed by atoms with Crippen LogP contribution >= 0.6 is 0 Å². The third-order valence-electron chi connectivity index (χ3n) is 3.24. The number of anilines is 1. The third-order valence-corrected chi connectivity index (χ3v) is 3.24. The Morgan fingerprint density at radius 2 is 1.76 bits per heavy atom. The van der Waals surface area contributed by atoms with Crippen molar-refractivity contribution >= 4 is 16.6 Å². The zero-order valence-corrected chi connectivity index (χ0v) is 11.3. The summed E-state index contributed by atoms with van der Waals surface area (Å²) in [5, 5.41) is 3.33. The van der Waals surface area contributed by atoms with Crippen LogP contribution in [0.3, 0.4) is 0 Å². The molecule has 1 aliphatic heterocycles. The maximum absolute atomic E-state index is 12.9. The molecule has 0 bridgehead atoms. The van der Waals surface area contributed by atoms with Gasteiger partial charge in [-0.15, -0.1) is 0 Å². The first-order valence-corrected chi connectivity index (χ1v) is 6.48. The maximum Gasteiger partial charge on any atom is 0.433 e. The minimum atomic E-state index is -4.50. The van der Waals surface area contributed by atoms with Gasteiger partial charge >= 0.3 is 6.18 Å². The molecule has 4 nitrogen and oxygen atoms in total. The molecule has 0 unspecified atom stereocenters. The molecule has 1 aliphatic rings. The number of ether oxygens (including phenoxy) is 2. The van der Waals surface area contributed by atoms with Gasteiger partial charge in [0.15, 0.2) is 11.5 Å². The number of benzene rings is 1. The largest absolute Gasteiger partial charge is 0.490 e. The van der Waals surface area contributed by atoms with Gasteiger partial charge < -0.3 is 14.8 Å². The van der Waals surface area contributed by atoms with Gasteiger partial charge in [0.2, 0.25) is 0 Å². The molecule has 7 heteroatoms. The van der Waals surface area contributed by atoms with E-state index in [9.17, 15) is 13.2 Å². The quantitative estimate of drug-likeness (QED) is 0.875. The molecule has 0 spiro atoms. The molecule has 0 fully saturated rings. The lowest BCUT2D eigenvalue weighted by Crippen LogP contribution is -2.09. The first kappa shape index (κ1) is 13.8. The van der Waals surface area contributed by atoms with E-state index in [2.05, 4.69) is 10.3 Å². The summed E-state index contributed by atoms with van der Waals surface area (Å²) in [6.07, 6.45) is -3.77. The van der Waals surface area contributed by atoms with Crippen molar-refractivity contribution in [2.45, 2.75) is 12.6 Å². The lowest BCUT2D eigenvalue weighted by atomic mass is 10.1. The van der Waals surface area contributed by atoms with Crippen LogP contribution in [0.25, 0.3) is 10.9 Å². The highest BCUT2D eigenvalue weighted by Gasteiger charge is 2.33. The summed E-state index contributed by atoms with van der Waals surface area (Å²) in [5.41, 5.74) is -0.366. The molecule has 112 valence electrons. The van der Waals surface area contributed by atoms with E-state index in [-0.39, 0.29) is 5.52 Å². The predicted molar refractivity (Wildman–Crippen MR) is 71.9 cm³/mol. The Bertz CT molecular complexity index is 686. The molecule has 0 aliphatic carbocycles. The van der Waals surface area contributed by atoms with Gasteiger partial charge in [-0.3, -0.25) is 0 Å². The Hall–Kier alpha value is -2.18. The molecule has 0 saturated carbocycles. The zero-order valence-electron chi connectivity index (χ0n) is 11.3. The summed E-state index contributed by atoms with van der Waals surface area (Å²) in [4.78, 5) is 3.69. The van der Waals surface area contributed by atoms with Gasteiger partial charge in [0.25, 0.3) is 0 Å². The van der Waals surface area contributed by atoms with Crippen LogP contribution in [-0.2, 0) is 6.18 Å². The summed E-state index contributed by atoms with van der Waals surface area (Å²) in [6, 6.07) is 4.15. The van der Waals surface area contributed by atoms with Crippen molar-refractivity contribution in [3.05, 3.63) is 23.9 Å². The second-order valence-electron chi connectivity index (χ2n) is 4.67. The van der Waals surface area contributed by atoms with E-state index in [1.807, 2.05) is 0 Å². The van der Waals surface area contributed by atoms with Crippen LogP contribution in [0.5, 0.6) is 11.5 Å². The number of alkyl halides is 3. The van der Waals surface area contributed by atoms with E-state index in [4.69, 9.17) is 9.47 Å². The summed E-state index contributed by atoms with van der Waals surface area (Å²) in [7, 11) is 1.57. The summed E-state index contributed by atoms with van der Waals surface area (Å²) in [6.45, 7) is 0.984. The molecule has 0 atom stereocenters. The zero-order chi connectivity index (χ0) is 15.0. The second-order valence-corrected chi connectivity index (χ2v) is 4.67. The number of aromatic nitrogens is 1. The number of rotatable bonds is 1. The van der Waals surface area contributed by atoms with Crippen molar-refractivity contribution in [1.82, 2.24) is 4.98 Å². The van der Waals surface area contributed by atoms with Crippen LogP contribution in [0.1, 0.15) is 12.1 Å². The highest BCUT2D eigenvalue weighted by molar-refractivity contribution is 5.94. The first-order chi connectivity index (χ1) is 9.99. The molecule has 3 rings (SSSR count). The molecule has 1 aromatic heterocycles. The van der Waals surface area contributed by atoms with Crippen LogP contribution in [0, 0.1) is 0 Å². The van der Waals surface area contributed by atoms with Crippen LogP contribution in [-0.4, -0.2) is 25.2 Å². The normalized spacial score (nSPS) is 14.9. The molecule has 0 radical (unpaired) electrons. The smallest absolute Gasteiger partial charge is 0.433 e. The van der Waals surface area contributed by atoms with E-state index in [1.165, 1.54) is 6.07 Å². The third kappa shape index (κ3) is 2.55. The standard InChI is InChI=1S/C14H13F3N2O2/c1-18-9-7-13(14(15,16)17)19-10-6-12-11(5-8(9)10)20-3-2-4-21-12/h5-7H,2-4H2,1H3,(H,18,19). The van der Waals surface area contributed by atoms with Crippen molar-refractivity contribution in [2.24, 2.45) is 0 Å². The second kappa shape index (κ2) is 4.98. The minimum absolute atomic E-state index is 0.221. The Morgan fingerprint density at radius 1 is 1.10 bits per heavy atom. The average molecular weight is 298 g/mol. The number of halogens is 3. The van der Waals surface area contributed by atoms with Gasteiger partial charge in [-0.1, -0.05) is 0 Å². The number of nitrogens with zero attached hydrogens (tertiary/aromatic N) is 1. The Balaban J connectivity index is 2.23. The van der Waals surface area contributed by atoms with E-state index in [0.717, 1.165) is 12.5 Å². The molecule has 2 heterocycles. The molecular weight excluding hydrogens is 285 g/mol. The van der Waals surface area contributed by atoms with Crippen molar-refractivity contribution in [3.63, 3.8) is 0 Å². The molecule has 1 N–H and O–H groups in total. The number of pyridine rings is 1. The fourth-order valence-electron chi connectivity index (χ4n) is 2.23. The first-order valence-electron chi connectivity index (χ1n) is 6.48. The van der Waals surface area contributed by atoms with Crippen molar-refractivity contribution < 1.29 is 22.6 Å². The van der Waals surface area contributed by atoms with E-state index >= 15 is 0 Å². The van der Waals surface area contributed by atoms with Gasteiger partial charge in [0.1, 0.15) is 5.69 Å². The van der Waals surface area contributed by atoms with E-state index in [0.29, 0.717) is 35.8 Å². The highest BCUT2D eigenvalue weighted by Crippen LogP contribution is 2.38. The molecule has 0 saturated heterocycles. The number of hydrogen-bond acceptors (Lipinski definition) is 4. The number of hydrogen-bond donors (Lipinski definition) is 1. The SMILES string of the molecule is CNc1cc(C(F)(F)F)nc2cc3c(cc12)OCCCO3. The average Bonchev–Trinajstić information content (AvgIpc) is 2.67. The van der Waals surface area contributed by atoms with Gasteiger partial charge in [-0.05, 0) is 12.1 Å². The van der Waals surface area contributed by atoms with Crippen LogP contribution in [0.4, 0.5) is 18.9 Å². The van der Waals surface area contributed by atoms with Gasteiger partial charge in [-0.25, -0.2) is 4.98 Å². The van der Waals surface area contributed by atoms with E-state index in [1.54, 1.807) is 13.1 Å². The molecule has 0 amide bonds. The van der Waals surface area contributed by atoms with Crippen LogP contribution in [0.15, 0.2) is 18.2 Å². The Labute approximate surface area is 118 Å².